The van der Waals surface area contributed by atoms with E-state index in [0.29, 0.717) is 0 Å². The molecule has 2 unspecified atom stereocenters. The molecule has 2 aliphatic rings. The third-order valence-corrected chi connectivity index (χ3v) is 2.28. The van der Waals surface area contributed by atoms with Crippen molar-refractivity contribution in [3.05, 3.63) is 0 Å². The van der Waals surface area contributed by atoms with Crippen LogP contribution in [0.15, 0.2) is 0 Å². The lowest BCUT2D eigenvalue weighted by atomic mass is 10.4. The van der Waals surface area contributed by atoms with Crippen molar-refractivity contribution >= 4 is 18.0 Å². The Morgan fingerprint density at radius 2 is 2.13 bits per heavy atom. The first kappa shape index (κ1) is 9.56. The van der Waals surface area contributed by atoms with Gasteiger partial charge in [-0.25, -0.2) is 9.59 Å². The molecule has 0 aromatic carbocycles. The number of rotatable bonds is 2. The van der Waals surface area contributed by atoms with E-state index in [2.05, 4.69) is 20.7 Å². The van der Waals surface area contributed by atoms with Crippen LogP contribution in [0.1, 0.15) is 0 Å². The Morgan fingerprint density at radius 3 is 2.80 bits per heavy atom. The normalized spacial score (nSPS) is 27.9. The molecule has 0 radical (unpaired) electrons. The van der Waals surface area contributed by atoms with Gasteiger partial charge in [0.15, 0.2) is 0 Å². The van der Waals surface area contributed by atoms with E-state index in [1.54, 1.807) is 0 Å². The quantitative estimate of drug-likeness (QED) is 0.470. The van der Waals surface area contributed by atoms with Gasteiger partial charge < -0.3 is 20.7 Å². The summed E-state index contributed by atoms with van der Waals surface area (Å²) in [5, 5.41) is 7.51. The van der Waals surface area contributed by atoms with E-state index in [9.17, 15) is 14.4 Å². The van der Waals surface area contributed by atoms with Crippen molar-refractivity contribution in [2.45, 2.75) is 12.3 Å². The third kappa shape index (κ3) is 1.53. The molecule has 15 heavy (non-hydrogen) atoms. The van der Waals surface area contributed by atoms with E-state index in [1.165, 1.54) is 12.0 Å². The maximum absolute atomic E-state index is 11.4. The van der Waals surface area contributed by atoms with Gasteiger partial charge in [-0.2, -0.15) is 0 Å². The van der Waals surface area contributed by atoms with Gasteiger partial charge in [0, 0.05) is 0 Å². The van der Waals surface area contributed by atoms with Crippen LogP contribution in [-0.4, -0.2) is 48.9 Å². The van der Waals surface area contributed by atoms with Crippen molar-refractivity contribution in [2.75, 3.05) is 13.7 Å². The number of fused-ring (bicyclic) bond motifs is 1. The van der Waals surface area contributed by atoms with Crippen LogP contribution in [0, 0.1) is 0 Å². The lowest BCUT2D eigenvalue weighted by Crippen LogP contribution is -2.46. The number of methoxy groups -OCH3 is 1. The average molecular weight is 214 g/mol. The van der Waals surface area contributed by atoms with Gasteiger partial charge in [0.2, 0.25) is 0 Å². The summed E-state index contributed by atoms with van der Waals surface area (Å²) in [6.07, 6.45) is -1.03. The maximum Gasteiger partial charge on any atom is 0.325 e. The molecular formula is C7H10N4O4. The van der Waals surface area contributed by atoms with Crippen molar-refractivity contribution < 1.29 is 19.1 Å². The molecule has 2 atom stereocenters. The summed E-state index contributed by atoms with van der Waals surface area (Å²) < 4.78 is 4.44. The molecule has 2 fully saturated rings. The number of nitrogens with one attached hydrogen (secondary N) is 3. The molecule has 3 N–H and O–H groups in total. The molecule has 82 valence electrons. The number of nitrogens with zero attached hydrogens (tertiary/aromatic N) is 1. The zero-order valence-electron chi connectivity index (χ0n) is 7.94. The number of esters is 1. The average Bonchev–Trinajstić information content (AvgIpc) is 2.65. The standard InChI is InChI=1S/C7H10N4O4/c1-15-3(12)2-11-5-4(9-7(11)14)8-6(13)10-5/h4-5H,2H2,1H3,(H,9,14)(H2,8,10,13). The van der Waals surface area contributed by atoms with E-state index >= 15 is 0 Å². The number of carbonyl (C=O) groups excluding carboxylic acids is 3. The van der Waals surface area contributed by atoms with Gasteiger partial charge in [0.1, 0.15) is 18.9 Å². The second kappa shape index (κ2) is 3.30. The van der Waals surface area contributed by atoms with Crippen molar-refractivity contribution in [1.82, 2.24) is 20.9 Å². The van der Waals surface area contributed by atoms with Crippen LogP contribution in [0.25, 0.3) is 0 Å². The highest BCUT2D eigenvalue weighted by Gasteiger charge is 2.46. The minimum Gasteiger partial charge on any atom is -0.468 e. The summed E-state index contributed by atoms with van der Waals surface area (Å²) in [5.74, 6) is -0.535. The molecule has 0 aromatic heterocycles. The monoisotopic (exact) mass is 214 g/mol. The number of hydrogen-bond donors (Lipinski definition) is 3. The van der Waals surface area contributed by atoms with Crippen LogP contribution in [0.4, 0.5) is 9.59 Å². The van der Waals surface area contributed by atoms with Crippen LogP contribution in [-0.2, 0) is 9.53 Å². The largest absolute Gasteiger partial charge is 0.468 e. The Balaban J connectivity index is 2.07. The third-order valence-electron chi connectivity index (χ3n) is 2.28. The van der Waals surface area contributed by atoms with E-state index in [-0.39, 0.29) is 12.6 Å². The predicted molar refractivity (Wildman–Crippen MR) is 46.5 cm³/mol. The smallest absolute Gasteiger partial charge is 0.325 e. The molecule has 0 saturated carbocycles. The minimum atomic E-state index is -0.538. The lowest BCUT2D eigenvalue weighted by Gasteiger charge is -2.19. The summed E-state index contributed by atoms with van der Waals surface area (Å²) >= 11 is 0. The number of urea groups is 2. The fraction of sp³-hybridized carbons (Fsp3) is 0.571. The van der Waals surface area contributed by atoms with Gasteiger partial charge in [-0.1, -0.05) is 0 Å². The van der Waals surface area contributed by atoms with Gasteiger partial charge in [-0.3, -0.25) is 9.69 Å². The SMILES string of the molecule is COC(=O)CN1C(=O)NC2NC(=O)NC21. The molecule has 0 bridgehead atoms. The molecule has 2 aliphatic heterocycles. The van der Waals surface area contributed by atoms with Crippen molar-refractivity contribution in [1.29, 1.82) is 0 Å². The molecule has 8 nitrogen and oxygen atoms in total. The Kier molecular flexibility index (Phi) is 2.10. The van der Waals surface area contributed by atoms with E-state index < -0.39 is 24.3 Å². The zero-order valence-corrected chi connectivity index (χ0v) is 7.94. The summed E-state index contributed by atoms with van der Waals surface area (Å²) in [4.78, 5) is 34.5. The van der Waals surface area contributed by atoms with Gasteiger partial charge in [-0.05, 0) is 0 Å². The van der Waals surface area contributed by atoms with Gasteiger partial charge in [0.05, 0.1) is 7.11 Å². The second-order valence-electron chi connectivity index (χ2n) is 3.19. The number of carbonyl (C=O) groups is 3. The van der Waals surface area contributed by atoms with Crippen LogP contribution in [0.3, 0.4) is 0 Å². The Hall–Kier alpha value is -1.99. The second-order valence-corrected chi connectivity index (χ2v) is 3.19. The summed E-state index contributed by atoms with van der Waals surface area (Å²) in [5.41, 5.74) is 0. The fourth-order valence-electron chi connectivity index (χ4n) is 1.57. The van der Waals surface area contributed by atoms with Crippen molar-refractivity contribution in [3.8, 4) is 0 Å². The molecule has 0 aromatic rings. The molecule has 8 heteroatoms. The highest BCUT2D eigenvalue weighted by atomic mass is 16.5. The first-order valence-corrected chi connectivity index (χ1v) is 4.33. The minimum absolute atomic E-state index is 0.189. The molecule has 0 spiro atoms. The van der Waals surface area contributed by atoms with Gasteiger partial charge in [-0.15, -0.1) is 0 Å². The molecule has 4 amide bonds. The maximum atomic E-state index is 11.4. The van der Waals surface area contributed by atoms with E-state index in [1.807, 2.05) is 0 Å². The van der Waals surface area contributed by atoms with E-state index in [0.717, 1.165) is 0 Å². The zero-order chi connectivity index (χ0) is 11.0. The van der Waals surface area contributed by atoms with Crippen molar-refractivity contribution in [2.24, 2.45) is 0 Å². The Labute approximate surface area is 84.9 Å². The Bertz CT molecular complexity index is 331. The highest BCUT2D eigenvalue weighted by Crippen LogP contribution is 2.13. The van der Waals surface area contributed by atoms with Gasteiger partial charge in [0.25, 0.3) is 0 Å². The van der Waals surface area contributed by atoms with Crippen LogP contribution in [0.5, 0.6) is 0 Å². The Morgan fingerprint density at radius 1 is 1.40 bits per heavy atom. The van der Waals surface area contributed by atoms with Crippen LogP contribution in [0.2, 0.25) is 0 Å². The first-order chi connectivity index (χ1) is 7.11. The highest BCUT2D eigenvalue weighted by molar-refractivity contribution is 5.87. The van der Waals surface area contributed by atoms with Crippen LogP contribution < -0.4 is 16.0 Å². The summed E-state index contributed by atoms with van der Waals surface area (Å²) in [6, 6.07) is -0.789. The lowest BCUT2D eigenvalue weighted by molar-refractivity contribution is -0.141. The van der Waals surface area contributed by atoms with E-state index in [4.69, 9.17) is 0 Å². The summed E-state index contributed by atoms with van der Waals surface area (Å²) in [7, 11) is 1.24. The number of hydrogen-bond acceptors (Lipinski definition) is 4. The molecule has 0 aliphatic carbocycles. The number of amides is 4. The van der Waals surface area contributed by atoms with Crippen molar-refractivity contribution in [3.63, 3.8) is 0 Å². The summed E-state index contributed by atoms with van der Waals surface area (Å²) in [6.45, 7) is -0.189. The molecule has 2 saturated heterocycles. The molecule has 2 rings (SSSR count). The molecular weight excluding hydrogens is 204 g/mol. The van der Waals surface area contributed by atoms with Gasteiger partial charge >= 0.3 is 18.0 Å². The van der Waals surface area contributed by atoms with Crippen LogP contribution >= 0.6 is 0 Å². The topological polar surface area (TPSA) is 99.8 Å². The first-order valence-electron chi connectivity index (χ1n) is 4.33. The molecule has 2 heterocycles. The predicted octanol–water partition coefficient (Wildman–Crippen LogP) is -1.85. The fourth-order valence-corrected chi connectivity index (χ4v) is 1.57. The number of ether oxygens (including phenoxy) is 1.